The lowest BCUT2D eigenvalue weighted by atomic mass is 10.0. The van der Waals surface area contributed by atoms with Crippen LogP contribution in [0.5, 0.6) is 0 Å². The van der Waals surface area contributed by atoms with Gasteiger partial charge in [0.15, 0.2) is 0 Å². The number of benzene rings is 1. The largest absolute Gasteiger partial charge is 0.349 e. The van der Waals surface area contributed by atoms with Crippen molar-refractivity contribution in [2.45, 2.75) is 51.6 Å². The highest BCUT2D eigenvalue weighted by Crippen LogP contribution is 2.19. The first-order valence-electron chi connectivity index (χ1n) is 11.4. The van der Waals surface area contributed by atoms with Gasteiger partial charge in [-0.25, -0.2) is 9.37 Å². The number of rotatable bonds is 8. The first-order valence-corrected chi connectivity index (χ1v) is 11.4. The Morgan fingerprint density at radius 3 is 2.81 bits per heavy atom. The minimum Gasteiger partial charge on any atom is -0.349 e. The van der Waals surface area contributed by atoms with Crippen molar-refractivity contribution in [1.29, 1.82) is 0 Å². The maximum Gasteiger partial charge on any atom is 0.253 e. The van der Waals surface area contributed by atoms with Gasteiger partial charge in [0.25, 0.3) is 5.91 Å². The monoisotopic (exact) mass is 435 g/mol. The van der Waals surface area contributed by atoms with E-state index in [9.17, 15) is 9.18 Å². The fourth-order valence-electron chi connectivity index (χ4n) is 4.04. The molecule has 7 heteroatoms. The third kappa shape index (κ3) is 5.79. The Bertz CT molecular complexity index is 1020. The van der Waals surface area contributed by atoms with Crippen LogP contribution in [0.4, 0.5) is 4.39 Å². The molecule has 1 aromatic carbocycles. The molecule has 0 unspecified atom stereocenters. The molecule has 1 aliphatic rings. The quantitative estimate of drug-likeness (QED) is 0.552. The van der Waals surface area contributed by atoms with Crippen molar-refractivity contribution < 1.29 is 9.18 Å². The van der Waals surface area contributed by atoms with Gasteiger partial charge in [0.05, 0.1) is 17.0 Å². The maximum absolute atomic E-state index is 13.4. The number of aromatic amines is 1. The Kier molecular flexibility index (Phi) is 7.27. The highest BCUT2D eigenvalue weighted by atomic mass is 19.1. The fraction of sp³-hybridized carbons (Fsp3) is 0.400. The van der Waals surface area contributed by atoms with Crippen LogP contribution in [0.25, 0.3) is 11.3 Å². The van der Waals surface area contributed by atoms with E-state index < -0.39 is 0 Å². The molecule has 3 aromatic rings. The minimum atomic E-state index is -0.304. The van der Waals surface area contributed by atoms with Gasteiger partial charge in [-0.15, -0.1) is 0 Å². The molecular formula is C25H30FN5O. The molecule has 1 aliphatic heterocycles. The number of likely N-dealkylation sites (tertiary alicyclic amines) is 1. The first-order chi connectivity index (χ1) is 15.6. The SMILES string of the molecule is CCCCc1nc(CN2CCC(NC(=O)c3ccc(-c4cccc(F)c4)nc3)CC2)c[nH]1. The number of hydrogen-bond donors (Lipinski definition) is 2. The van der Waals surface area contributed by atoms with Gasteiger partial charge in [-0.1, -0.05) is 25.5 Å². The second kappa shape index (κ2) is 10.5. The average Bonchev–Trinajstić information content (AvgIpc) is 3.26. The Balaban J connectivity index is 1.25. The second-order valence-corrected chi connectivity index (χ2v) is 8.41. The highest BCUT2D eigenvalue weighted by molar-refractivity contribution is 5.94. The Morgan fingerprint density at radius 1 is 1.25 bits per heavy atom. The van der Waals surface area contributed by atoms with E-state index in [4.69, 9.17) is 0 Å². The third-order valence-electron chi connectivity index (χ3n) is 5.91. The molecule has 168 valence electrons. The summed E-state index contributed by atoms with van der Waals surface area (Å²) in [6.45, 7) is 4.89. The van der Waals surface area contributed by atoms with E-state index in [1.807, 2.05) is 6.20 Å². The van der Waals surface area contributed by atoms with Crippen LogP contribution >= 0.6 is 0 Å². The number of carbonyl (C=O) groups excluding carboxylic acids is 1. The number of hydrogen-bond acceptors (Lipinski definition) is 4. The predicted octanol–water partition coefficient (Wildman–Crippen LogP) is 4.35. The van der Waals surface area contributed by atoms with Crippen LogP contribution in [-0.2, 0) is 13.0 Å². The van der Waals surface area contributed by atoms with E-state index in [2.05, 4.69) is 32.1 Å². The standard InChI is InChI=1S/C25H30FN5O/c1-2-3-7-24-28-16-22(29-24)17-31-12-10-21(11-13-31)30-25(32)19-8-9-23(27-15-19)18-5-4-6-20(26)14-18/h4-6,8-9,14-16,21H,2-3,7,10-13,17H2,1H3,(H,28,29)(H,30,32). The number of halogens is 1. The molecule has 1 amide bonds. The van der Waals surface area contributed by atoms with Gasteiger partial charge in [0.2, 0.25) is 0 Å². The Hall–Kier alpha value is -3.06. The lowest BCUT2D eigenvalue weighted by molar-refractivity contribution is 0.0908. The Morgan fingerprint density at radius 2 is 2.09 bits per heavy atom. The van der Waals surface area contributed by atoms with Gasteiger partial charge in [0.1, 0.15) is 11.6 Å². The summed E-state index contributed by atoms with van der Waals surface area (Å²) in [5.41, 5.74) is 2.94. The molecule has 1 fully saturated rings. The molecule has 3 heterocycles. The number of amides is 1. The molecule has 32 heavy (non-hydrogen) atoms. The third-order valence-corrected chi connectivity index (χ3v) is 5.91. The molecule has 0 radical (unpaired) electrons. The topological polar surface area (TPSA) is 73.9 Å². The summed E-state index contributed by atoms with van der Waals surface area (Å²) in [7, 11) is 0. The van der Waals surface area contributed by atoms with Gasteiger partial charge in [-0.05, 0) is 43.5 Å². The van der Waals surface area contributed by atoms with E-state index >= 15 is 0 Å². The minimum absolute atomic E-state index is 0.116. The zero-order valence-electron chi connectivity index (χ0n) is 18.5. The molecule has 1 saturated heterocycles. The van der Waals surface area contributed by atoms with Crippen LogP contribution in [0.1, 0.15) is 54.5 Å². The summed E-state index contributed by atoms with van der Waals surface area (Å²) in [5, 5.41) is 3.13. The van der Waals surface area contributed by atoms with Gasteiger partial charge >= 0.3 is 0 Å². The highest BCUT2D eigenvalue weighted by Gasteiger charge is 2.22. The summed E-state index contributed by atoms with van der Waals surface area (Å²) in [6, 6.07) is 9.93. The summed E-state index contributed by atoms with van der Waals surface area (Å²) in [5.74, 6) is 0.650. The van der Waals surface area contributed by atoms with Crippen molar-refractivity contribution >= 4 is 5.91 Å². The number of nitrogens with one attached hydrogen (secondary N) is 2. The summed E-state index contributed by atoms with van der Waals surface area (Å²) in [6.07, 6.45) is 8.71. The first kappa shape index (κ1) is 22.1. The number of imidazole rings is 1. The maximum atomic E-state index is 13.4. The van der Waals surface area contributed by atoms with E-state index in [1.54, 1.807) is 30.5 Å². The predicted molar refractivity (Wildman–Crippen MR) is 123 cm³/mol. The van der Waals surface area contributed by atoms with Crippen LogP contribution in [-0.4, -0.2) is 44.9 Å². The van der Waals surface area contributed by atoms with E-state index in [0.29, 0.717) is 16.8 Å². The molecule has 2 N–H and O–H groups in total. The molecule has 0 saturated carbocycles. The lowest BCUT2D eigenvalue weighted by Gasteiger charge is -2.31. The zero-order chi connectivity index (χ0) is 22.3. The van der Waals surface area contributed by atoms with Crippen LogP contribution in [0.15, 0.2) is 48.8 Å². The van der Waals surface area contributed by atoms with Crippen LogP contribution in [0, 0.1) is 5.82 Å². The van der Waals surface area contributed by atoms with Crippen LogP contribution in [0.2, 0.25) is 0 Å². The summed E-state index contributed by atoms with van der Waals surface area (Å²) in [4.78, 5) is 27.3. The Labute approximate surface area is 188 Å². The second-order valence-electron chi connectivity index (χ2n) is 8.41. The van der Waals surface area contributed by atoms with Crippen molar-refractivity contribution in [3.05, 3.63) is 71.7 Å². The number of nitrogens with zero attached hydrogens (tertiary/aromatic N) is 3. The van der Waals surface area contributed by atoms with E-state index in [0.717, 1.165) is 56.8 Å². The average molecular weight is 436 g/mol. The molecule has 4 rings (SSSR count). The molecule has 2 aromatic heterocycles. The molecule has 6 nitrogen and oxygen atoms in total. The van der Waals surface area contributed by atoms with Crippen molar-refractivity contribution in [2.24, 2.45) is 0 Å². The van der Waals surface area contributed by atoms with Crippen molar-refractivity contribution in [3.63, 3.8) is 0 Å². The van der Waals surface area contributed by atoms with Gasteiger partial charge in [-0.3, -0.25) is 14.7 Å². The molecule has 0 atom stereocenters. The van der Waals surface area contributed by atoms with Crippen LogP contribution in [0.3, 0.4) is 0 Å². The zero-order valence-corrected chi connectivity index (χ0v) is 18.5. The van der Waals surface area contributed by atoms with Gasteiger partial charge < -0.3 is 10.3 Å². The van der Waals surface area contributed by atoms with Gasteiger partial charge in [0, 0.05) is 50.1 Å². The molecule has 0 aliphatic carbocycles. The van der Waals surface area contributed by atoms with Crippen LogP contribution < -0.4 is 5.32 Å². The lowest BCUT2D eigenvalue weighted by Crippen LogP contribution is -2.44. The number of carbonyl (C=O) groups is 1. The number of pyridine rings is 1. The summed E-state index contributed by atoms with van der Waals surface area (Å²) >= 11 is 0. The van der Waals surface area contributed by atoms with E-state index in [-0.39, 0.29) is 17.8 Å². The number of aromatic nitrogens is 3. The van der Waals surface area contributed by atoms with Gasteiger partial charge in [-0.2, -0.15) is 0 Å². The molecule has 0 bridgehead atoms. The molecular weight excluding hydrogens is 405 g/mol. The summed E-state index contributed by atoms with van der Waals surface area (Å²) < 4.78 is 13.4. The number of H-pyrrole nitrogens is 1. The number of unbranched alkanes of at least 4 members (excludes halogenated alkanes) is 1. The van der Waals surface area contributed by atoms with Crippen molar-refractivity contribution in [3.8, 4) is 11.3 Å². The number of aryl methyl sites for hydroxylation is 1. The number of piperidine rings is 1. The normalized spacial score (nSPS) is 15.1. The fourth-order valence-corrected chi connectivity index (χ4v) is 4.04. The molecule has 0 spiro atoms. The smallest absolute Gasteiger partial charge is 0.253 e. The van der Waals surface area contributed by atoms with Crippen molar-refractivity contribution in [2.75, 3.05) is 13.1 Å². The van der Waals surface area contributed by atoms with Crippen molar-refractivity contribution in [1.82, 2.24) is 25.2 Å². The van der Waals surface area contributed by atoms with E-state index in [1.165, 1.54) is 18.6 Å².